The first-order valence-corrected chi connectivity index (χ1v) is 5.67. The molecule has 68 valence electrons. The Balaban J connectivity index is 2.93. The number of hydrogen-bond donors (Lipinski definition) is 0. The number of rotatable bonds is 2. The lowest BCUT2D eigenvalue weighted by Crippen LogP contribution is -1.87. The van der Waals surface area contributed by atoms with Crippen molar-refractivity contribution < 1.29 is 0 Å². The third-order valence-corrected chi connectivity index (χ3v) is 3.42. The molecule has 0 amide bonds. The molecule has 1 aromatic rings. The summed E-state index contributed by atoms with van der Waals surface area (Å²) in [5.41, 5.74) is 0.694. The molecule has 0 saturated carbocycles. The molecule has 1 rings (SSSR count). The molecule has 0 aliphatic carbocycles. The van der Waals surface area contributed by atoms with E-state index >= 15 is 0 Å². The molecule has 0 fully saturated rings. The lowest BCUT2D eigenvalue weighted by atomic mass is 10.2. The number of thioether (sulfide) groups is 1. The van der Waals surface area contributed by atoms with E-state index in [9.17, 15) is 0 Å². The lowest BCUT2D eigenvalue weighted by Gasteiger charge is -2.06. The van der Waals surface area contributed by atoms with E-state index in [0.717, 1.165) is 4.47 Å². The highest BCUT2D eigenvalue weighted by Gasteiger charge is 2.03. The maximum atomic E-state index is 8.66. The molecule has 0 radical (unpaired) electrons. The highest BCUT2D eigenvalue weighted by molar-refractivity contribution is 9.10. The van der Waals surface area contributed by atoms with Gasteiger partial charge in [-0.15, -0.1) is 11.8 Å². The quantitative estimate of drug-likeness (QED) is 0.751. The lowest BCUT2D eigenvalue weighted by molar-refractivity contribution is 1.11. The summed E-state index contributed by atoms with van der Waals surface area (Å²) in [6.45, 7) is 4.30. The van der Waals surface area contributed by atoms with Crippen molar-refractivity contribution in [3.05, 3.63) is 28.2 Å². The number of halogens is 1. The normalized spacial score (nSPS) is 10.1. The van der Waals surface area contributed by atoms with E-state index in [1.54, 1.807) is 11.8 Å². The standard InChI is InChI=1S/C10H10BrNS/c1-7(2)13-10-4-3-8(6-12)5-9(10)11/h3-5,7H,1-2H3. The summed E-state index contributed by atoms with van der Waals surface area (Å²) >= 11 is 5.23. The molecule has 0 saturated heterocycles. The third kappa shape index (κ3) is 3.06. The maximum absolute atomic E-state index is 8.66. The van der Waals surface area contributed by atoms with Crippen LogP contribution in [0.3, 0.4) is 0 Å². The van der Waals surface area contributed by atoms with Crippen molar-refractivity contribution in [2.45, 2.75) is 24.0 Å². The molecule has 0 spiro atoms. The van der Waals surface area contributed by atoms with Gasteiger partial charge in [0.1, 0.15) is 0 Å². The summed E-state index contributed by atoms with van der Waals surface area (Å²) in [5, 5.41) is 9.22. The van der Waals surface area contributed by atoms with Crippen LogP contribution in [-0.4, -0.2) is 5.25 Å². The first-order chi connectivity index (χ1) is 6.13. The van der Waals surface area contributed by atoms with E-state index < -0.39 is 0 Å². The van der Waals surface area contributed by atoms with Gasteiger partial charge in [-0.25, -0.2) is 0 Å². The van der Waals surface area contributed by atoms with Crippen molar-refractivity contribution in [3.63, 3.8) is 0 Å². The van der Waals surface area contributed by atoms with E-state index in [1.165, 1.54) is 4.90 Å². The summed E-state index contributed by atoms with van der Waals surface area (Å²) in [7, 11) is 0. The summed E-state index contributed by atoms with van der Waals surface area (Å²) in [5.74, 6) is 0. The van der Waals surface area contributed by atoms with Crippen molar-refractivity contribution in [1.29, 1.82) is 5.26 Å². The topological polar surface area (TPSA) is 23.8 Å². The van der Waals surface area contributed by atoms with Gasteiger partial charge in [-0.3, -0.25) is 0 Å². The summed E-state index contributed by atoms with van der Waals surface area (Å²) in [6.07, 6.45) is 0. The molecule has 0 bridgehead atoms. The Kier molecular flexibility index (Phi) is 3.83. The van der Waals surface area contributed by atoms with Crippen molar-refractivity contribution >= 4 is 27.7 Å². The van der Waals surface area contributed by atoms with Crippen molar-refractivity contribution in [3.8, 4) is 6.07 Å². The fourth-order valence-corrected chi connectivity index (χ4v) is 2.41. The minimum absolute atomic E-state index is 0.559. The smallest absolute Gasteiger partial charge is 0.0992 e. The summed E-state index contributed by atoms with van der Waals surface area (Å²) in [4.78, 5) is 1.19. The van der Waals surface area contributed by atoms with Crippen LogP contribution in [0.5, 0.6) is 0 Å². The van der Waals surface area contributed by atoms with Crippen LogP contribution in [0.1, 0.15) is 19.4 Å². The Hall–Kier alpha value is -0.460. The Morgan fingerprint density at radius 3 is 2.62 bits per heavy atom. The average molecular weight is 256 g/mol. The number of benzene rings is 1. The van der Waals surface area contributed by atoms with E-state index in [-0.39, 0.29) is 0 Å². The van der Waals surface area contributed by atoms with E-state index in [1.807, 2.05) is 18.2 Å². The predicted molar refractivity (Wildman–Crippen MR) is 59.9 cm³/mol. The zero-order chi connectivity index (χ0) is 9.84. The van der Waals surface area contributed by atoms with Crippen LogP contribution in [0.2, 0.25) is 0 Å². The Morgan fingerprint density at radius 2 is 2.15 bits per heavy atom. The molecular formula is C10H10BrNS. The Bertz CT molecular complexity index is 341. The van der Waals surface area contributed by atoms with Gasteiger partial charge < -0.3 is 0 Å². The number of hydrogen-bond acceptors (Lipinski definition) is 2. The molecule has 13 heavy (non-hydrogen) atoms. The van der Waals surface area contributed by atoms with Crippen LogP contribution in [0.4, 0.5) is 0 Å². The van der Waals surface area contributed by atoms with E-state index in [2.05, 4.69) is 35.8 Å². The molecule has 1 aromatic carbocycles. The van der Waals surface area contributed by atoms with Gasteiger partial charge in [0.05, 0.1) is 11.6 Å². The minimum atomic E-state index is 0.559. The first-order valence-electron chi connectivity index (χ1n) is 4.00. The molecule has 0 atom stereocenters. The average Bonchev–Trinajstić information content (AvgIpc) is 2.08. The summed E-state index contributed by atoms with van der Waals surface area (Å²) in [6, 6.07) is 7.78. The van der Waals surface area contributed by atoms with Crippen LogP contribution >= 0.6 is 27.7 Å². The second kappa shape index (κ2) is 4.69. The first kappa shape index (κ1) is 10.6. The third-order valence-electron chi connectivity index (χ3n) is 1.42. The molecule has 0 aromatic heterocycles. The van der Waals surface area contributed by atoms with Crippen LogP contribution in [0.15, 0.2) is 27.6 Å². The van der Waals surface area contributed by atoms with Crippen molar-refractivity contribution in [2.75, 3.05) is 0 Å². The molecular weight excluding hydrogens is 246 g/mol. The molecule has 3 heteroatoms. The van der Waals surface area contributed by atoms with Gasteiger partial charge in [0.15, 0.2) is 0 Å². The SMILES string of the molecule is CC(C)Sc1ccc(C#N)cc1Br. The molecule has 0 aliphatic heterocycles. The monoisotopic (exact) mass is 255 g/mol. The minimum Gasteiger partial charge on any atom is -0.192 e. The maximum Gasteiger partial charge on any atom is 0.0992 e. The molecule has 0 heterocycles. The van der Waals surface area contributed by atoms with Gasteiger partial charge in [-0.1, -0.05) is 13.8 Å². The number of nitrogens with zero attached hydrogens (tertiary/aromatic N) is 1. The van der Waals surface area contributed by atoms with Crippen molar-refractivity contribution in [2.24, 2.45) is 0 Å². The van der Waals surface area contributed by atoms with Gasteiger partial charge in [-0.05, 0) is 34.1 Å². The van der Waals surface area contributed by atoms with Crippen LogP contribution in [0.25, 0.3) is 0 Å². The number of nitriles is 1. The zero-order valence-electron chi connectivity index (χ0n) is 7.54. The molecule has 1 nitrogen and oxygen atoms in total. The Morgan fingerprint density at radius 1 is 1.46 bits per heavy atom. The van der Waals surface area contributed by atoms with E-state index in [4.69, 9.17) is 5.26 Å². The van der Waals surface area contributed by atoms with Gasteiger partial charge in [-0.2, -0.15) is 5.26 Å². The fraction of sp³-hybridized carbons (Fsp3) is 0.300. The van der Waals surface area contributed by atoms with E-state index in [0.29, 0.717) is 10.8 Å². The van der Waals surface area contributed by atoms with Gasteiger partial charge in [0, 0.05) is 14.6 Å². The second-order valence-corrected chi connectivity index (χ2v) is 5.40. The fourth-order valence-electron chi connectivity index (χ4n) is 0.920. The highest BCUT2D eigenvalue weighted by atomic mass is 79.9. The molecule has 0 unspecified atom stereocenters. The predicted octanol–water partition coefficient (Wildman–Crippen LogP) is 3.82. The van der Waals surface area contributed by atoms with Crippen molar-refractivity contribution in [1.82, 2.24) is 0 Å². The molecule has 0 aliphatic rings. The zero-order valence-corrected chi connectivity index (χ0v) is 9.95. The highest BCUT2D eigenvalue weighted by Crippen LogP contribution is 2.30. The Labute approximate surface area is 91.3 Å². The molecule has 0 N–H and O–H groups in total. The van der Waals surface area contributed by atoms with Gasteiger partial charge >= 0.3 is 0 Å². The van der Waals surface area contributed by atoms with Crippen LogP contribution in [0, 0.1) is 11.3 Å². The van der Waals surface area contributed by atoms with Crippen LogP contribution in [-0.2, 0) is 0 Å². The van der Waals surface area contributed by atoms with Crippen LogP contribution < -0.4 is 0 Å². The summed E-state index contributed by atoms with van der Waals surface area (Å²) < 4.78 is 1.00. The largest absolute Gasteiger partial charge is 0.192 e. The van der Waals surface area contributed by atoms with Gasteiger partial charge in [0.25, 0.3) is 0 Å². The second-order valence-electron chi connectivity index (χ2n) is 2.92. The van der Waals surface area contributed by atoms with Gasteiger partial charge in [0.2, 0.25) is 0 Å².